The lowest BCUT2D eigenvalue weighted by atomic mass is 10.1. The van der Waals surface area contributed by atoms with Gasteiger partial charge in [0.2, 0.25) is 0 Å². The van der Waals surface area contributed by atoms with Crippen LogP contribution in [0.15, 0.2) is 36.7 Å². The summed E-state index contributed by atoms with van der Waals surface area (Å²) in [6.45, 7) is 2.65. The molecule has 0 aliphatic carbocycles. The van der Waals surface area contributed by atoms with E-state index in [1.54, 1.807) is 12.1 Å². The van der Waals surface area contributed by atoms with Crippen LogP contribution in [0.3, 0.4) is 0 Å². The molecule has 7 heteroatoms. The summed E-state index contributed by atoms with van der Waals surface area (Å²) < 4.78 is 1.43. The molecule has 0 unspecified atom stereocenters. The lowest BCUT2D eigenvalue weighted by Gasteiger charge is -2.05. The Morgan fingerprint density at radius 3 is 2.95 bits per heavy atom. The quantitative estimate of drug-likeness (QED) is 0.661. The van der Waals surface area contributed by atoms with Crippen LogP contribution in [-0.4, -0.2) is 27.2 Å². The Morgan fingerprint density at radius 1 is 1.50 bits per heavy atom. The minimum absolute atomic E-state index is 0.0602. The highest BCUT2D eigenvalue weighted by Crippen LogP contribution is 2.07. The molecule has 0 saturated heterocycles. The Morgan fingerprint density at radius 2 is 2.30 bits per heavy atom. The van der Waals surface area contributed by atoms with E-state index in [0.717, 1.165) is 5.56 Å². The molecule has 0 radical (unpaired) electrons. The van der Waals surface area contributed by atoms with E-state index >= 15 is 0 Å². The lowest BCUT2D eigenvalue weighted by molar-refractivity contribution is -0.385. The third kappa shape index (κ3) is 3.41. The summed E-state index contributed by atoms with van der Waals surface area (Å²) >= 11 is 0. The number of rotatable bonds is 5. The highest BCUT2D eigenvalue weighted by atomic mass is 16.6. The number of hydrogen-bond acceptors (Lipinski definition) is 4. The monoisotopic (exact) mass is 274 g/mol. The molecule has 2 rings (SSSR count). The first kappa shape index (κ1) is 13.7. The van der Waals surface area contributed by atoms with E-state index in [1.165, 1.54) is 17.1 Å². The summed E-state index contributed by atoms with van der Waals surface area (Å²) in [5, 5.41) is 17.1. The number of carbonyl (C=O) groups is 1. The van der Waals surface area contributed by atoms with Crippen LogP contribution in [0.25, 0.3) is 0 Å². The molecule has 0 spiro atoms. The zero-order valence-corrected chi connectivity index (χ0v) is 10.9. The molecule has 1 amide bonds. The molecule has 0 fully saturated rings. The molecule has 0 aliphatic rings. The number of nitrogens with one attached hydrogen (secondary N) is 1. The SMILES string of the molecule is Cc1cccc(C(=O)NCCn2cc([N+](=O)[O-])cn2)c1. The molecule has 0 saturated carbocycles. The van der Waals surface area contributed by atoms with Gasteiger partial charge in [0.05, 0.1) is 11.5 Å². The van der Waals surface area contributed by atoms with Crippen LogP contribution in [0.2, 0.25) is 0 Å². The molecule has 0 aliphatic heterocycles. The molecule has 104 valence electrons. The van der Waals surface area contributed by atoms with Crippen molar-refractivity contribution in [3.05, 3.63) is 57.9 Å². The van der Waals surface area contributed by atoms with Gasteiger partial charge in [-0.05, 0) is 19.1 Å². The van der Waals surface area contributed by atoms with Crippen molar-refractivity contribution in [3.63, 3.8) is 0 Å². The zero-order chi connectivity index (χ0) is 14.5. The first-order valence-corrected chi connectivity index (χ1v) is 6.08. The predicted molar refractivity (Wildman–Crippen MR) is 72.4 cm³/mol. The van der Waals surface area contributed by atoms with E-state index < -0.39 is 4.92 Å². The summed E-state index contributed by atoms with van der Waals surface area (Å²) in [5.41, 5.74) is 1.55. The van der Waals surface area contributed by atoms with Crippen molar-refractivity contribution in [2.24, 2.45) is 0 Å². The average Bonchev–Trinajstić information content (AvgIpc) is 2.87. The minimum Gasteiger partial charge on any atom is -0.350 e. The molecular formula is C13H14N4O3. The van der Waals surface area contributed by atoms with Crippen molar-refractivity contribution >= 4 is 11.6 Å². The molecular weight excluding hydrogens is 260 g/mol. The number of carbonyl (C=O) groups excluding carboxylic acids is 1. The van der Waals surface area contributed by atoms with Gasteiger partial charge in [0.25, 0.3) is 5.91 Å². The highest BCUT2D eigenvalue weighted by Gasteiger charge is 2.09. The van der Waals surface area contributed by atoms with E-state index in [9.17, 15) is 14.9 Å². The van der Waals surface area contributed by atoms with E-state index in [0.29, 0.717) is 18.7 Å². The van der Waals surface area contributed by atoms with Gasteiger partial charge in [-0.2, -0.15) is 5.10 Å². The lowest BCUT2D eigenvalue weighted by Crippen LogP contribution is -2.27. The maximum absolute atomic E-state index is 11.9. The molecule has 1 heterocycles. The van der Waals surface area contributed by atoms with Gasteiger partial charge >= 0.3 is 5.69 Å². The van der Waals surface area contributed by atoms with Crippen LogP contribution in [0.5, 0.6) is 0 Å². The van der Waals surface area contributed by atoms with Crippen molar-refractivity contribution in [1.29, 1.82) is 0 Å². The third-order valence-electron chi connectivity index (χ3n) is 2.74. The molecule has 7 nitrogen and oxygen atoms in total. The molecule has 0 atom stereocenters. The normalized spacial score (nSPS) is 10.2. The second-order valence-electron chi connectivity index (χ2n) is 4.34. The Kier molecular flexibility index (Phi) is 4.09. The Hall–Kier alpha value is -2.70. The van der Waals surface area contributed by atoms with Crippen molar-refractivity contribution in [2.75, 3.05) is 6.54 Å². The fraction of sp³-hybridized carbons (Fsp3) is 0.231. The van der Waals surface area contributed by atoms with Gasteiger partial charge in [-0.15, -0.1) is 0 Å². The number of nitrogens with zero attached hydrogens (tertiary/aromatic N) is 3. The van der Waals surface area contributed by atoms with Gasteiger partial charge < -0.3 is 5.32 Å². The van der Waals surface area contributed by atoms with Gasteiger partial charge in [0.15, 0.2) is 0 Å². The van der Waals surface area contributed by atoms with Crippen LogP contribution in [-0.2, 0) is 6.54 Å². The van der Waals surface area contributed by atoms with Crippen LogP contribution in [0.1, 0.15) is 15.9 Å². The van der Waals surface area contributed by atoms with E-state index in [2.05, 4.69) is 10.4 Å². The number of benzene rings is 1. The van der Waals surface area contributed by atoms with Gasteiger partial charge in [0, 0.05) is 12.1 Å². The van der Waals surface area contributed by atoms with E-state index in [-0.39, 0.29) is 11.6 Å². The van der Waals surface area contributed by atoms with E-state index in [4.69, 9.17) is 0 Å². The largest absolute Gasteiger partial charge is 0.350 e. The second kappa shape index (κ2) is 5.96. The smallest absolute Gasteiger partial charge is 0.306 e. The van der Waals surface area contributed by atoms with Gasteiger partial charge in [-0.3, -0.25) is 19.6 Å². The third-order valence-corrected chi connectivity index (χ3v) is 2.74. The standard InChI is InChI=1S/C13H14N4O3/c1-10-3-2-4-11(7-10)13(18)14-5-6-16-9-12(8-15-16)17(19)20/h2-4,7-9H,5-6H2,1H3,(H,14,18). The average molecular weight is 274 g/mol. The molecule has 1 aromatic heterocycles. The number of aromatic nitrogens is 2. The van der Waals surface area contributed by atoms with Gasteiger partial charge in [0.1, 0.15) is 12.4 Å². The fourth-order valence-electron chi connectivity index (χ4n) is 1.74. The Balaban J connectivity index is 1.86. The van der Waals surface area contributed by atoms with Crippen LogP contribution >= 0.6 is 0 Å². The predicted octanol–water partition coefficient (Wildman–Crippen LogP) is 1.53. The molecule has 20 heavy (non-hydrogen) atoms. The zero-order valence-electron chi connectivity index (χ0n) is 10.9. The summed E-state index contributed by atoms with van der Waals surface area (Å²) in [5.74, 6) is -0.171. The first-order valence-electron chi connectivity index (χ1n) is 6.08. The molecule has 1 aromatic carbocycles. The van der Waals surface area contributed by atoms with Gasteiger partial charge in [-0.25, -0.2) is 0 Å². The van der Waals surface area contributed by atoms with Crippen LogP contribution in [0, 0.1) is 17.0 Å². The van der Waals surface area contributed by atoms with Crippen molar-refractivity contribution < 1.29 is 9.72 Å². The highest BCUT2D eigenvalue weighted by molar-refractivity contribution is 5.94. The van der Waals surface area contributed by atoms with Crippen LogP contribution in [0.4, 0.5) is 5.69 Å². The number of hydrogen-bond donors (Lipinski definition) is 1. The molecule has 0 bridgehead atoms. The van der Waals surface area contributed by atoms with Gasteiger partial charge in [-0.1, -0.05) is 17.7 Å². The maximum Gasteiger partial charge on any atom is 0.306 e. The minimum atomic E-state index is -0.505. The summed E-state index contributed by atoms with van der Waals surface area (Å²) in [4.78, 5) is 21.8. The number of aryl methyl sites for hydroxylation is 1. The van der Waals surface area contributed by atoms with Crippen molar-refractivity contribution in [3.8, 4) is 0 Å². The summed E-state index contributed by atoms with van der Waals surface area (Å²) in [6.07, 6.45) is 2.52. The first-order chi connectivity index (χ1) is 9.56. The number of nitro groups is 1. The second-order valence-corrected chi connectivity index (χ2v) is 4.34. The van der Waals surface area contributed by atoms with Crippen LogP contribution < -0.4 is 5.32 Å². The van der Waals surface area contributed by atoms with E-state index in [1.807, 2.05) is 19.1 Å². The maximum atomic E-state index is 11.9. The topological polar surface area (TPSA) is 90.1 Å². The molecule has 2 aromatic rings. The summed E-state index contributed by atoms with van der Waals surface area (Å²) in [7, 11) is 0. The summed E-state index contributed by atoms with van der Waals surface area (Å²) in [6, 6.07) is 7.27. The van der Waals surface area contributed by atoms with Crippen molar-refractivity contribution in [2.45, 2.75) is 13.5 Å². The molecule has 1 N–H and O–H groups in total. The number of amides is 1. The Bertz CT molecular complexity index is 636. The fourth-order valence-corrected chi connectivity index (χ4v) is 1.74. The van der Waals surface area contributed by atoms with Crippen molar-refractivity contribution in [1.82, 2.24) is 15.1 Å². The Labute approximate surface area is 115 Å².